The van der Waals surface area contributed by atoms with E-state index in [-0.39, 0.29) is 12.0 Å². The standard InChI is InChI=1S/C14H20N2O3/c1-10(2)19-13-4-3-11(15)9-12(13)14(17)16-5-7-18-8-6-16/h3-4,9-10H,5-8,15H2,1-2H3. The molecule has 104 valence electrons. The monoisotopic (exact) mass is 264 g/mol. The largest absolute Gasteiger partial charge is 0.490 e. The summed E-state index contributed by atoms with van der Waals surface area (Å²) in [6.07, 6.45) is 0.0138. The van der Waals surface area contributed by atoms with Crippen LogP contribution in [0.3, 0.4) is 0 Å². The van der Waals surface area contributed by atoms with Gasteiger partial charge in [-0.2, -0.15) is 0 Å². The highest BCUT2D eigenvalue weighted by molar-refractivity contribution is 5.97. The molecule has 2 N–H and O–H groups in total. The van der Waals surface area contributed by atoms with Gasteiger partial charge >= 0.3 is 0 Å². The van der Waals surface area contributed by atoms with Crippen molar-refractivity contribution in [3.05, 3.63) is 23.8 Å². The molecule has 5 heteroatoms. The molecule has 1 aromatic carbocycles. The van der Waals surface area contributed by atoms with Gasteiger partial charge in [0, 0.05) is 18.8 Å². The van der Waals surface area contributed by atoms with Crippen molar-refractivity contribution in [2.75, 3.05) is 32.0 Å². The highest BCUT2D eigenvalue weighted by atomic mass is 16.5. The van der Waals surface area contributed by atoms with Crippen LogP contribution in [0.2, 0.25) is 0 Å². The van der Waals surface area contributed by atoms with E-state index in [9.17, 15) is 4.79 Å². The molecule has 1 saturated heterocycles. The summed E-state index contributed by atoms with van der Waals surface area (Å²) in [4.78, 5) is 14.3. The molecule has 0 bridgehead atoms. The van der Waals surface area contributed by atoms with Gasteiger partial charge in [-0.15, -0.1) is 0 Å². The summed E-state index contributed by atoms with van der Waals surface area (Å²) < 4.78 is 10.9. The maximum Gasteiger partial charge on any atom is 0.257 e. The van der Waals surface area contributed by atoms with Crippen LogP contribution in [0.4, 0.5) is 5.69 Å². The molecular formula is C14H20N2O3. The van der Waals surface area contributed by atoms with Crippen molar-refractivity contribution in [2.24, 2.45) is 0 Å². The predicted molar refractivity (Wildman–Crippen MR) is 73.3 cm³/mol. The topological polar surface area (TPSA) is 64.8 Å². The van der Waals surface area contributed by atoms with Crippen LogP contribution in [0, 0.1) is 0 Å². The van der Waals surface area contributed by atoms with Crippen molar-refractivity contribution in [3.8, 4) is 5.75 Å². The molecule has 0 aliphatic carbocycles. The Bertz CT molecular complexity index is 454. The van der Waals surface area contributed by atoms with E-state index in [0.717, 1.165) is 0 Å². The number of nitrogen functional groups attached to an aromatic ring is 1. The van der Waals surface area contributed by atoms with E-state index in [0.29, 0.717) is 43.3 Å². The van der Waals surface area contributed by atoms with Gasteiger partial charge < -0.3 is 20.1 Å². The van der Waals surface area contributed by atoms with Crippen LogP contribution >= 0.6 is 0 Å². The van der Waals surface area contributed by atoms with E-state index in [1.54, 1.807) is 23.1 Å². The number of carbonyl (C=O) groups is 1. The maximum atomic E-state index is 12.5. The van der Waals surface area contributed by atoms with Crippen LogP contribution in [-0.2, 0) is 4.74 Å². The molecule has 1 heterocycles. The molecule has 2 rings (SSSR count). The molecule has 0 spiro atoms. The number of anilines is 1. The zero-order valence-electron chi connectivity index (χ0n) is 11.4. The first kappa shape index (κ1) is 13.7. The summed E-state index contributed by atoms with van der Waals surface area (Å²) in [5.41, 5.74) is 6.86. The molecule has 0 radical (unpaired) electrons. The lowest BCUT2D eigenvalue weighted by atomic mass is 10.1. The second kappa shape index (κ2) is 5.93. The number of carbonyl (C=O) groups excluding carboxylic acids is 1. The van der Waals surface area contributed by atoms with Crippen LogP contribution in [0.1, 0.15) is 24.2 Å². The Morgan fingerprint density at radius 2 is 2.05 bits per heavy atom. The molecule has 0 unspecified atom stereocenters. The smallest absolute Gasteiger partial charge is 0.257 e. The van der Waals surface area contributed by atoms with Crippen molar-refractivity contribution in [1.82, 2.24) is 4.90 Å². The van der Waals surface area contributed by atoms with E-state index in [1.165, 1.54) is 0 Å². The van der Waals surface area contributed by atoms with Crippen molar-refractivity contribution in [2.45, 2.75) is 20.0 Å². The predicted octanol–water partition coefficient (Wildman–Crippen LogP) is 1.53. The molecule has 0 atom stereocenters. The summed E-state index contributed by atoms with van der Waals surface area (Å²) in [5, 5.41) is 0. The molecule has 0 aromatic heterocycles. The van der Waals surface area contributed by atoms with Gasteiger partial charge in [0.1, 0.15) is 5.75 Å². The van der Waals surface area contributed by atoms with Crippen LogP contribution in [0.25, 0.3) is 0 Å². The first-order valence-corrected chi connectivity index (χ1v) is 6.51. The third kappa shape index (κ3) is 3.38. The second-order valence-electron chi connectivity index (χ2n) is 4.83. The summed E-state index contributed by atoms with van der Waals surface area (Å²) in [6.45, 7) is 6.23. The SMILES string of the molecule is CC(C)Oc1ccc(N)cc1C(=O)N1CCOCC1. The first-order valence-electron chi connectivity index (χ1n) is 6.51. The van der Waals surface area contributed by atoms with E-state index in [2.05, 4.69) is 0 Å². The van der Waals surface area contributed by atoms with Gasteiger partial charge in [-0.05, 0) is 32.0 Å². The average molecular weight is 264 g/mol. The number of nitrogens with two attached hydrogens (primary N) is 1. The van der Waals surface area contributed by atoms with E-state index < -0.39 is 0 Å². The molecule has 1 aliphatic rings. The normalized spacial score (nSPS) is 15.6. The van der Waals surface area contributed by atoms with E-state index in [4.69, 9.17) is 15.2 Å². The quantitative estimate of drug-likeness (QED) is 0.841. The fraction of sp³-hybridized carbons (Fsp3) is 0.500. The fourth-order valence-corrected chi connectivity index (χ4v) is 2.01. The van der Waals surface area contributed by atoms with Crippen LogP contribution in [0.5, 0.6) is 5.75 Å². The van der Waals surface area contributed by atoms with Gasteiger partial charge in [0.05, 0.1) is 24.9 Å². The van der Waals surface area contributed by atoms with Gasteiger partial charge in [-0.25, -0.2) is 0 Å². The Labute approximate surface area is 113 Å². The van der Waals surface area contributed by atoms with Gasteiger partial charge in [0.25, 0.3) is 5.91 Å². The Kier molecular flexibility index (Phi) is 4.27. The van der Waals surface area contributed by atoms with E-state index >= 15 is 0 Å². The number of amides is 1. The zero-order valence-corrected chi connectivity index (χ0v) is 11.4. The summed E-state index contributed by atoms with van der Waals surface area (Å²) in [7, 11) is 0. The number of ether oxygens (including phenoxy) is 2. The third-order valence-corrected chi connectivity index (χ3v) is 2.89. The zero-order chi connectivity index (χ0) is 13.8. The Morgan fingerprint density at radius 1 is 1.37 bits per heavy atom. The van der Waals surface area contributed by atoms with Crippen LogP contribution < -0.4 is 10.5 Å². The van der Waals surface area contributed by atoms with Crippen molar-refractivity contribution in [1.29, 1.82) is 0 Å². The summed E-state index contributed by atoms with van der Waals surface area (Å²) in [5.74, 6) is 0.534. The Balaban J connectivity index is 2.25. The fourth-order valence-electron chi connectivity index (χ4n) is 2.01. The molecule has 1 fully saturated rings. The lowest BCUT2D eigenvalue weighted by Gasteiger charge is -2.27. The van der Waals surface area contributed by atoms with Crippen LogP contribution in [-0.4, -0.2) is 43.2 Å². The lowest BCUT2D eigenvalue weighted by Crippen LogP contribution is -2.40. The minimum absolute atomic E-state index is 0.0138. The average Bonchev–Trinajstić information content (AvgIpc) is 2.40. The number of nitrogens with zero attached hydrogens (tertiary/aromatic N) is 1. The second-order valence-corrected chi connectivity index (χ2v) is 4.83. The van der Waals surface area contributed by atoms with Gasteiger partial charge in [-0.1, -0.05) is 0 Å². The summed E-state index contributed by atoms with van der Waals surface area (Å²) in [6, 6.07) is 5.17. The lowest BCUT2D eigenvalue weighted by molar-refractivity contribution is 0.0299. The van der Waals surface area contributed by atoms with E-state index in [1.807, 2.05) is 13.8 Å². The van der Waals surface area contributed by atoms with Crippen molar-refractivity contribution >= 4 is 11.6 Å². The van der Waals surface area contributed by atoms with Gasteiger partial charge in [-0.3, -0.25) is 4.79 Å². The number of benzene rings is 1. The number of hydrogen-bond donors (Lipinski definition) is 1. The molecule has 1 amide bonds. The molecular weight excluding hydrogens is 244 g/mol. The van der Waals surface area contributed by atoms with Crippen molar-refractivity contribution in [3.63, 3.8) is 0 Å². The third-order valence-electron chi connectivity index (χ3n) is 2.89. The molecule has 1 aromatic rings. The van der Waals surface area contributed by atoms with Crippen molar-refractivity contribution < 1.29 is 14.3 Å². The minimum Gasteiger partial charge on any atom is -0.490 e. The Morgan fingerprint density at radius 3 is 2.68 bits per heavy atom. The molecule has 1 aliphatic heterocycles. The molecule has 5 nitrogen and oxygen atoms in total. The van der Waals surface area contributed by atoms with Crippen LogP contribution in [0.15, 0.2) is 18.2 Å². The highest BCUT2D eigenvalue weighted by Crippen LogP contribution is 2.24. The molecule has 0 saturated carbocycles. The number of rotatable bonds is 3. The first-order chi connectivity index (χ1) is 9.08. The summed E-state index contributed by atoms with van der Waals surface area (Å²) >= 11 is 0. The van der Waals surface area contributed by atoms with Gasteiger partial charge in [0.2, 0.25) is 0 Å². The highest BCUT2D eigenvalue weighted by Gasteiger charge is 2.22. The molecule has 19 heavy (non-hydrogen) atoms. The minimum atomic E-state index is -0.0498. The van der Waals surface area contributed by atoms with Gasteiger partial charge in [0.15, 0.2) is 0 Å². The Hall–Kier alpha value is -1.75. The number of morpholine rings is 1. The maximum absolute atomic E-state index is 12.5. The number of hydrogen-bond acceptors (Lipinski definition) is 4.